The molecule has 0 radical (unpaired) electrons. The van der Waals surface area contributed by atoms with Crippen LogP contribution in [-0.4, -0.2) is 14.5 Å². The van der Waals surface area contributed by atoms with Gasteiger partial charge in [0.15, 0.2) is 5.82 Å². The molecule has 10 rings (SSSR count). The number of para-hydroxylation sites is 3. The smallest absolute Gasteiger partial charge is 0.231 e. The van der Waals surface area contributed by atoms with Gasteiger partial charge in [0.25, 0.3) is 0 Å². The van der Waals surface area contributed by atoms with Crippen LogP contribution < -0.4 is 0 Å². The first-order valence-electron chi connectivity index (χ1n) is 15.0. The van der Waals surface area contributed by atoms with E-state index in [1.165, 1.54) is 10.8 Å². The molecule has 4 aromatic heterocycles. The molecule has 0 unspecified atom stereocenters. The third-order valence-corrected chi connectivity index (χ3v) is 8.82. The fraction of sp³-hybridized carbons (Fsp3) is 0. The molecule has 0 N–H and O–H groups in total. The van der Waals surface area contributed by atoms with Crippen LogP contribution in [0.25, 0.3) is 94.1 Å². The summed E-state index contributed by atoms with van der Waals surface area (Å²) >= 11 is 0. The summed E-state index contributed by atoms with van der Waals surface area (Å²) in [5, 5.41) is 6.51. The minimum atomic E-state index is 0.578. The van der Waals surface area contributed by atoms with Crippen molar-refractivity contribution < 1.29 is 8.83 Å². The van der Waals surface area contributed by atoms with Gasteiger partial charge in [0, 0.05) is 38.4 Å². The average molecular weight is 578 g/mol. The molecule has 0 aliphatic carbocycles. The van der Waals surface area contributed by atoms with E-state index >= 15 is 0 Å². The van der Waals surface area contributed by atoms with Crippen molar-refractivity contribution in [1.29, 1.82) is 0 Å². The van der Waals surface area contributed by atoms with E-state index in [1.54, 1.807) is 0 Å². The molecular formula is C40H23N3O2. The number of furan rings is 2. The van der Waals surface area contributed by atoms with E-state index in [0.29, 0.717) is 11.5 Å². The molecule has 0 saturated carbocycles. The fourth-order valence-electron chi connectivity index (χ4n) is 6.87. The van der Waals surface area contributed by atoms with Crippen molar-refractivity contribution in [3.63, 3.8) is 0 Å². The minimum absolute atomic E-state index is 0.578. The quantitative estimate of drug-likeness (QED) is 0.210. The van der Waals surface area contributed by atoms with Crippen LogP contribution in [0.1, 0.15) is 0 Å². The maximum absolute atomic E-state index is 6.32. The third kappa shape index (κ3) is 3.49. The molecule has 0 spiro atoms. The Morgan fingerprint density at radius 1 is 0.467 bits per heavy atom. The van der Waals surface area contributed by atoms with Crippen molar-refractivity contribution in [2.24, 2.45) is 0 Å². The lowest BCUT2D eigenvalue weighted by atomic mass is 10.1. The predicted molar refractivity (Wildman–Crippen MR) is 182 cm³/mol. The fourth-order valence-corrected chi connectivity index (χ4v) is 6.87. The van der Waals surface area contributed by atoms with Crippen molar-refractivity contribution >= 4 is 65.8 Å². The van der Waals surface area contributed by atoms with Crippen LogP contribution in [0.4, 0.5) is 0 Å². The zero-order valence-electron chi connectivity index (χ0n) is 23.9. The number of nitrogens with zero attached hydrogens (tertiary/aromatic N) is 3. The van der Waals surface area contributed by atoms with Gasteiger partial charge in [-0.1, -0.05) is 97.1 Å². The van der Waals surface area contributed by atoms with Crippen molar-refractivity contribution in [3.8, 4) is 28.3 Å². The van der Waals surface area contributed by atoms with Gasteiger partial charge in [-0.15, -0.1) is 0 Å². The van der Waals surface area contributed by atoms with E-state index < -0.39 is 0 Å². The Kier molecular flexibility index (Phi) is 4.93. The molecule has 0 fully saturated rings. The molecule has 0 amide bonds. The Bertz CT molecular complexity index is 2770. The van der Waals surface area contributed by atoms with Crippen molar-refractivity contribution in [3.05, 3.63) is 140 Å². The Balaban J connectivity index is 1.26. The molecule has 10 aromatic rings. The van der Waals surface area contributed by atoms with Gasteiger partial charge in [-0.05, 0) is 42.5 Å². The molecule has 5 nitrogen and oxygen atoms in total. The van der Waals surface area contributed by atoms with E-state index in [-0.39, 0.29) is 0 Å². The Labute approximate surface area is 256 Å². The molecule has 6 aromatic carbocycles. The monoisotopic (exact) mass is 577 g/mol. The normalized spacial score (nSPS) is 12.0. The molecule has 0 aliphatic rings. The Morgan fingerprint density at radius 3 is 2.00 bits per heavy atom. The third-order valence-electron chi connectivity index (χ3n) is 8.82. The number of rotatable bonds is 3. The summed E-state index contributed by atoms with van der Waals surface area (Å²) in [7, 11) is 0. The van der Waals surface area contributed by atoms with Crippen LogP contribution in [0, 0.1) is 0 Å². The van der Waals surface area contributed by atoms with E-state index in [4.69, 9.17) is 18.8 Å². The highest BCUT2D eigenvalue weighted by Gasteiger charge is 2.21. The standard InChI is InChI=1S/C40H23N3O2/c1-2-11-24(12-3-1)37-36-30-17-6-9-20-33(30)45-40(36)42-39(41-37)25-13-10-14-26(23-25)43-31-18-7-4-15-27(31)28-21-22-34-35(38(28)43)29-16-5-8-19-32(29)44-34/h1-23H. The summed E-state index contributed by atoms with van der Waals surface area (Å²) in [6.07, 6.45) is 0. The van der Waals surface area contributed by atoms with E-state index in [2.05, 4.69) is 95.6 Å². The lowest BCUT2D eigenvalue weighted by molar-refractivity contribution is 0.653. The first-order chi connectivity index (χ1) is 22.3. The van der Waals surface area contributed by atoms with Gasteiger partial charge in [-0.2, -0.15) is 4.98 Å². The van der Waals surface area contributed by atoms with Gasteiger partial charge >= 0.3 is 0 Å². The first kappa shape index (κ1) is 24.3. The largest absolute Gasteiger partial charge is 0.456 e. The molecule has 4 heterocycles. The lowest BCUT2D eigenvalue weighted by Crippen LogP contribution is -1.97. The minimum Gasteiger partial charge on any atom is -0.456 e. The lowest BCUT2D eigenvalue weighted by Gasteiger charge is -2.11. The molecule has 210 valence electrons. The molecule has 0 bridgehead atoms. The van der Waals surface area contributed by atoms with Crippen molar-refractivity contribution in [2.75, 3.05) is 0 Å². The summed E-state index contributed by atoms with van der Waals surface area (Å²) in [6, 6.07) is 47.9. The van der Waals surface area contributed by atoms with Gasteiger partial charge in [-0.3, -0.25) is 0 Å². The summed E-state index contributed by atoms with van der Waals surface area (Å²) in [4.78, 5) is 10.2. The second kappa shape index (κ2) is 9.15. The SMILES string of the molecule is c1ccc(-c2nc(-c3cccc(-n4c5ccccc5c5ccc6oc7ccccc7c6c54)c3)nc3oc4ccccc4c23)cc1. The summed E-state index contributed by atoms with van der Waals surface area (Å²) < 4.78 is 15.0. The predicted octanol–water partition coefficient (Wildman–Crippen LogP) is 10.7. The second-order valence-corrected chi connectivity index (χ2v) is 11.4. The summed E-state index contributed by atoms with van der Waals surface area (Å²) in [5.74, 6) is 0.613. The molecule has 0 aliphatic heterocycles. The van der Waals surface area contributed by atoms with E-state index in [9.17, 15) is 0 Å². The molecule has 0 saturated heterocycles. The highest BCUT2D eigenvalue weighted by Crippen LogP contribution is 2.41. The van der Waals surface area contributed by atoms with Gasteiger partial charge in [-0.25, -0.2) is 4.98 Å². The van der Waals surface area contributed by atoms with Crippen molar-refractivity contribution in [2.45, 2.75) is 0 Å². The van der Waals surface area contributed by atoms with Crippen LogP contribution >= 0.6 is 0 Å². The van der Waals surface area contributed by atoms with Gasteiger partial charge in [0.2, 0.25) is 5.71 Å². The van der Waals surface area contributed by atoms with E-state index in [0.717, 1.165) is 71.8 Å². The van der Waals surface area contributed by atoms with Crippen LogP contribution in [0.2, 0.25) is 0 Å². The summed E-state index contributed by atoms with van der Waals surface area (Å²) in [5.41, 5.74) is 9.17. The van der Waals surface area contributed by atoms with Crippen LogP contribution in [0.5, 0.6) is 0 Å². The summed E-state index contributed by atoms with van der Waals surface area (Å²) in [6.45, 7) is 0. The van der Waals surface area contributed by atoms with Crippen LogP contribution in [0.3, 0.4) is 0 Å². The second-order valence-electron chi connectivity index (χ2n) is 11.4. The first-order valence-corrected chi connectivity index (χ1v) is 15.0. The van der Waals surface area contributed by atoms with Crippen molar-refractivity contribution in [1.82, 2.24) is 14.5 Å². The Hall–Kier alpha value is -6.20. The molecular weight excluding hydrogens is 554 g/mol. The van der Waals surface area contributed by atoms with Gasteiger partial charge < -0.3 is 13.4 Å². The topological polar surface area (TPSA) is 57.0 Å². The number of benzene rings is 6. The highest BCUT2D eigenvalue weighted by atomic mass is 16.3. The number of aromatic nitrogens is 3. The number of hydrogen-bond acceptors (Lipinski definition) is 4. The molecule has 5 heteroatoms. The van der Waals surface area contributed by atoms with Crippen LogP contribution in [0.15, 0.2) is 148 Å². The zero-order chi connectivity index (χ0) is 29.5. The Morgan fingerprint density at radius 2 is 1.16 bits per heavy atom. The number of hydrogen-bond donors (Lipinski definition) is 0. The van der Waals surface area contributed by atoms with Gasteiger partial charge in [0.1, 0.15) is 16.7 Å². The van der Waals surface area contributed by atoms with E-state index in [1.807, 2.05) is 48.5 Å². The molecule has 45 heavy (non-hydrogen) atoms. The maximum atomic E-state index is 6.32. The van der Waals surface area contributed by atoms with Crippen LogP contribution in [-0.2, 0) is 0 Å². The number of fused-ring (bicyclic) bond motifs is 10. The maximum Gasteiger partial charge on any atom is 0.231 e. The van der Waals surface area contributed by atoms with Gasteiger partial charge in [0.05, 0.1) is 27.5 Å². The zero-order valence-corrected chi connectivity index (χ0v) is 23.9. The highest BCUT2D eigenvalue weighted by molar-refractivity contribution is 6.24. The average Bonchev–Trinajstić information content (AvgIpc) is 3.77. The molecule has 0 atom stereocenters.